The van der Waals surface area contributed by atoms with Crippen LogP contribution in [0.15, 0.2) is 48.7 Å². The molecule has 108 valence electrons. The van der Waals surface area contributed by atoms with Gasteiger partial charge in [0.05, 0.1) is 10.0 Å². The lowest BCUT2D eigenvalue weighted by atomic mass is 10.1. The van der Waals surface area contributed by atoms with Gasteiger partial charge in [0.2, 0.25) is 0 Å². The first-order valence-corrected chi connectivity index (χ1v) is 6.98. The number of allylic oxidation sites excluding steroid dienone is 1. The van der Waals surface area contributed by atoms with Crippen molar-refractivity contribution in [1.82, 2.24) is 0 Å². The summed E-state index contributed by atoms with van der Waals surface area (Å²) in [6, 6.07) is 8.86. The lowest BCUT2D eigenvalue weighted by Crippen LogP contribution is -1.97. The third kappa shape index (κ3) is 4.21. The molecule has 0 unspecified atom stereocenters. The van der Waals surface area contributed by atoms with E-state index in [1.807, 2.05) is 0 Å². The molecule has 0 fully saturated rings. The predicted octanol–water partition coefficient (Wildman–Crippen LogP) is 5.59. The number of anilines is 1. The largest absolute Gasteiger partial charge is 0.361 e. The summed E-state index contributed by atoms with van der Waals surface area (Å²) in [5, 5.41) is 3.54. The molecule has 0 heterocycles. The van der Waals surface area contributed by atoms with Crippen LogP contribution in [0.2, 0.25) is 15.1 Å². The van der Waals surface area contributed by atoms with Gasteiger partial charge in [0, 0.05) is 28.5 Å². The van der Waals surface area contributed by atoms with Crippen molar-refractivity contribution in [1.29, 1.82) is 0 Å². The van der Waals surface area contributed by atoms with Crippen molar-refractivity contribution in [3.63, 3.8) is 0 Å². The van der Waals surface area contributed by atoms with Gasteiger partial charge in [0.15, 0.2) is 5.78 Å². The molecule has 1 N–H and O–H groups in total. The molecule has 0 saturated heterocycles. The molecule has 2 aromatic carbocycles. The zero-order chi connectivity index (χ0) is 15.4. The molecule has 2 aromatic rings. The van der Waals surface area contributed by atoms with Crippen LogP contribution in [0.1, 0.15) is 10.4 Å². The molecule has 2 rings (SSSR count). The van der Waals surface area contributed by atoms with E-state index < -0.39 is 5.82 Å². The molecule has 0 aliphatic heterocycles. The maximum Gasteiger partial charge on any atom is 0.188 e. The highest BCUT2D eigenvalue weighted by Gasteiger charge is 2.07. The number of nitrogens with one attached hydrogen (secondary N) is 1. The molecule has 0 saturated carbocycles. The molecule has 0 atom stereocenters. The Morgan fingerprint density at radius 2 is 1.81 bits per heavy atom. The first-order chi connectivity index (χ1) is 9.97. The smallest absolute Gasteiger partial charge is 0.188 e. The highest BCUT2D eigenvalue weighted by molar-refractivity contribution is 6.37. The third-order valence-corrected chi connectivity index (χ3v) is 3.46. The van der Waals surface area contributed by atoms with Crippen LogP contribution in [0.25, 0.3) is 0 Å². The lowest BCUT2D eigenvalue weighted by molar-refractivity contribution is 0.104. The van der Waals surface area contributed by atoms with Crippen LogP contribution in [0, 0.1) is 5.82 Å². The van der Waals surface area contributed by atoms with Crippen LogP contribution in [-0.2, 0) is 0 Å². The van der Waals surface area contributed by atoms with Crippen LogP contribution < -0.4 is 5.32 Å². The summed E-state index contributed by atoms with van der Waals surface area (Å²) in [6.07, 6.45) is 2.69. The summed E-state index contributed by atoms with van der Waals surface area (Å²) in [5.41, 5.74) is 0.810. The second-order valence-corrected chi connectivity index (χ2v) is 5.35. The van der Waals surface area contributed by atoms with Gasteiger partial charge >= 0.3 is 0 Å². The van der Waals surface area contributed by atoms with Crippen LogP contribution in [-0.4, -0.2) is 5.78 Å². The van der Waals surface area contributed by atoms with Crippen LogP contribution in [0.3, 0.4) is 0 Å². The van der Waals surface area contributed by atoms with E-state index >= 15 is 0 Å². The Morgan fingerprint density at radius 3 is 2.48 bits per heavy atom. The second-order valence-electron chi connectivity index (χ2n) is 4.09. The minimum absolute atomic E-state index is 0.0357. The molecule has 0 aliphatic carbocycles. The number of rotatable bonds is 4. The maximum absolute atomic E-state index is 13.2. The number of carbonyl (C=O) groups excluding carboxylic acids is 1. The molecule has 0 aromatic heterocycles. The Morgan fingerprint density at radius 1 is 1.05 bits per heavy atom. The fourth-order valence-corrected chi connectivity index (χ4v) is 2.20. The Labute approximate surface area is 136 Å². The highest BCUT2D eigenvalue weighted by atomic mass is 35.5. The normalized spacial score (nSPS) is 10.9. The number of ketones is 1. The van der Waals surface area contributed by atoms with Gasteiger partial charge in [0.1, 0.15) is 5.82 Å². The second kappa shape index (κ2) is 6.94. The summed E-state index contributed by atoms with van der Waals surface area (Å²) in [5.74, 6) is -0.833. The van der Waals surface area contributed by atoms with Gasteiger partial charge in [-0.25, -0.2) is 4.39 Å². The number of halogens is 4. The molecule has 0 bridgehead atoms. The molecule has 0 aliphatic rings. The Balaban J connectivity index is 2.06. The van der Waals surface area contributed by atoms with Gasteiger partial charge in [0.25, 0.3) is 0 Å². The summed E-state index contributed by atoms with van der Waals surface area (Å²) in [6.45, 7) is 0. The van der Waals surface area contributed by atoms with Crippen molar-refractivity contribution >= 4 is 46.3 Å². The highest BCUT2D eigenvalue weighted by Crippen LogP contribution is 2.22. The minimum atomic E-state index is -0.540. The van der Waals surface area contributed by atoms with E-state index in [2.05, 4.69) is 5.32 Å². The van der Waals surface area contributed by atoms with Crippen molar-refractivity contribution in [2.24, 2.45) is 0 Å². The average molecular weight is 345 g/mol. The summed E-state index contributed by atoms with van der Waals surface area (Å²) in [4.78, 5) is 11.9. The van der Waals surface area contributed by atoms with Crippen molar-refractivity contribution < 1.29 is 9.18 Å². The van der Waals surface area contributed by atoms with Crippen LogP contribution >= 0.6 is 34.8 Å². The van der Waals surface area contributed by atoms with E-state index in [9.17, 15) is 9.18 Å². The first-order valence-electron chi connectivity index (χ1n) is 5.85. The summed E-state index contributed by atoms with van der Waals surface area (Å²) in [7, 11) is 0. The molecule has 0 amide bonds. The monoisotopic (exact) mass is 343 g/mol. The quantitative estimate of drug-likeness (QED) is 0.578. The minimum Gasteiger partial charge on any atom is -0.361 e. The van der Waals surface area contributed by atoms with Gasteiger partial charge in [-0.1, -0.05) is 34.8 Å². The van der Waals surface area contributed by atoms with E-state index in [4.69, 9.17) is 34.8 Å². The van der Waals surface area contributed by atoms with E-state index in [-0.39, 0.29) is 15.8 Å². The van der Waals surface area contributed by atoms with Crippen LogP contribution in [0.5, 0.6) is 0 Å². The predicted molar refractivity (Wildman–Crippen MR) is 85.0 cm³/mol. The van der Waals surface area contributed by atoms with E-state index in [1.54, 1.807) is 18.2 Å². The molecular formula is C15H9Cl3FNO. The third-order valence-electron chi connectivity index (χ3n) is 2.60. The molecule has 0 radical (unpaired) electrons. The number of hydrogen-bond acceptors (Lipinski definition) is 2. The van der Waals surface area contributed by atoms with Gasteiger partial charge in [-0.15, -0.1) is 0 Å². The van der Waals surface area contributed by atoms with Gasteiger partial charge in [-0.05, 0) is 36.4 Å². The number of hydrogen-bond donors (Lipinski definition) is 1. The van der Waals surface area contributed by atoms with Crippen molar-refractivity contribution in [3.05, 3.63) is 75.1 Å². The molecule has 0 spiro atoms. The fraction of sp³-hybridized carbons (Fsp3) is 0. The molecule has 21 heavy (non-hydrogen) atoms. The fourth-order valence-electron chi connectivity index (χ4n) is 1.58. The lowest BCUT2D eigenvalue weighted by Gasteiger charge is -2.02. The molecule has 6 heteroatoms. The van der Waals surface area contributed by atoms with Crippen LogP contribution in [0.4, 0.5) is 10.1 Å². The van der Waals surface area contributed by atoms with Gasteiger partial charge in [-0.3, -0.25) is 4.79 Å². The van der Waals surface area contributed by atoms with Crippen molar-refractivity contribution in [2.75, 3.05) is 5.32 Å². The van der Waals surface area contributed by atoms with Gasteiger partial charge < -0.3 is 5.32 Å². The zero-order valence-corrected chi connectivity index (χ0v) is 12.8. The average Bonchev–Trinajstić information content (AvgIpc) is 2.42. The Bertz CT molecular complexity index is 716. The Kier molecular flexibility index (Phi) is 5.23. The summed E-state index contributed by atoms with van der Waals surface area (Å²) < 4.78 is 13.2. The van der Waals surface area contributed by atoms with E-state index in [0.717, 1.165) is 0 Å². The summed E-state index contributed by atoms with van der Waals surface area (Å²) >= 11 is 17.3. The number of carbonyl (C=O) groups is 1. The standard InChI is InChI=1S/C15H9Cl3FNO/c16-9-1-3-11(13(18)7-9)15(21)5-6-20-10-2-4-12(17)14(19)8-10/h1-8,20H/b6-5+. The number of benzene rings is 2. The van der Waals surface area contributed by atoms with Gasteiger partial charge in [-0.2, -0.15) is 0 Å². The van der Waals surface area contributed by atoms with E-state index in [1.165, 1.54) is 30.5 Å². The zero-order valence-electron chi connectivity index (χ0n) is 10.5. The van der Waals surface area contributed by atoms with E-state index in [0.29, 0.717) is 16.3 Å². The SMILES string of the molecule is O=C(/C=C/Nc1ccc(Cl)c(F)c1)c1ccc(Cl)cc1Cl. The maximum atomic E-state index is 13.2. The molecule has 2 nitrogen and oxygen atoms in total. The first kappa shape index (κ1) is 15.8. The molecular weight excluding hydrogens is 336 g/mol. The van der Waals surface area contributed by atoms with Crippen molar-refractivity contribution in [2.45, 2.75) is 0 Å². The van der Waals surface area contributed by atoms with Crippen molar-refractivity contribution in [3.8, 4) is 0 Å². The topological polar surface area (TPSA) is 29.1 Å². The Hall–Kier alpha value is -1.55.